The number of benzene rings is 1. The number of carbonyl (C=O) groups is 13. The van der Waals surface area contributed by atoms with Gasteiger partial charge in [0.1, 0.15) is 54.7 Å². The molecule has 0 aliphatic carbocycles. The van der Waals surface area contributed by atoms with E-state index in [2.05, 4.69) is 5.32 Å². The van der Waals surface area contributed by atoms with Crippen molar-refractivity contribution < 1.29 is 76.5 Å². The number of hydrogen-bond acceptors (Lipinski definition) is 16. The molecule has 104 heavy (non-hydrogen) atoms. The first-order chi connectivity index (χ1) is 48.4. The highest BCUT2D eigenvalue weighted by atomic mass is 16.6. The Morgan fingerprint density at radius 2 is 1.05 bits per heavy atom. The number of nitrogens with one attached hydrogen (secondary N) is 1. The third-order valence-corrected chi connectivity index (χ3v) is 20.3. The summed E-state index contributed by atoms with van der Waals surface area (Å²) in [6, 6.07) is -1.39. The number of Topliss-reactive ketones (excluding diaryl/α,β-unsaturated/α-hetero) is 3. The largest absolute Gasteiger partial charge is 0.459 e. The number of ketones is 3. The van der Waals surface area contributed by atoms with Crippen LogP contribution in [0.1, 0.15) is 187 Å². The van der Waals surface area contributed by atoms with Gasteiger partial charge in [0.15, 0.2) is 11.6 Å². The molecule has 1 aromatic rings. The number of hydrogen-bond donors (Lipinski definition) is 1. The predicted molar refractivity (Wildman–Crippen MR) is 401 cm³/mol. The number of allylic oxidation sites excluding steroid dienone is 2. The number of esters is 1. The molecular weight excluding hydrogens is 1330 g/mol. The molecular formula is C79H131N9O16. The molecule has 0 radical (unpaired) electrons. The van der Waals surface area contributed by atoms with Crippen LogP contribution in [0.2, 0.25) is 0 Å². The van der Waals surface area contributed by atoms with Crippen LogP contribution in [0, 0.1) is 59.2 Å². The number of likely N-dealkylation sites (N-methyl/N-ethyl adjacent to an activating group) is 7. The lowest BCUT2D eigenvalue weighted by atomic mass is 9.83. The standard InChI is InChI=1S/C79H131N9O16/c1-27-29-34-52(13)70(104-56(17)89)69-71(93)80-59(28-2)74(96)82(19)60(37-33-38-81(18)79(101)103-46-57-35-31-30-32-36-57)75(97)87(24)68(55(16)45-102-26)66(92)44-58(50(9)10)73(95)83(20)61(39-47(3)4)65(91)42-53(14)64(90)43-54(15)72(94)84(21)62(40-48(5)6)76(98)85(22)63(41-49(7)8)77(99)86(23)67(51(11)12)78(100)88(69)25/h27,29-32,35-36,47-55,58-63,67-70H,28,33-34,37-46H2,1-26H3,(H,80,93)/b29-27+/t52-,53-,54+,55-,58+,59+,60-,61+,62+,63+,67+,68+,69+,70-/m1/s1. The molecule has 0 unspecified atom stereocenters. The van der Waals surface area contributed by atoms with E-state index in [9.17, 15) is 24.0 Å². The zero-order valence-electron chi connectivity index (χ0n) is 67.8. The second-order valence-corrected chi connectivity index (χ2v) is 31.2. The molecule has 25 heteroatoms. The normalized spacial score (nSPS) is 25.2. The molecule has 14 atom stereocenters. The van der Waals surface area contributed by atoms with Gasteiger partial charge in [0, 0.05) is 120 Å². The Morgan fingerprint density at radius 3 is 1.55 bits per heavy atom. The minimum Gasteiger partial charge on any atom is -0.459 e. The van der Waals surface area contributed by atoms with Gasteiger partial charge in [-0.2, -0.15) is 0 Å². The van der Waals surface area contributed by atoms with Crippen LogP contribution in [0.5, 0.6) is 0 Å². The topological polar surface area (TPSA) is 288 Å². The van der Waals surface area contributed by atoms with E-state index < -0.39 is 179 Å². The van der Waals surface area contributed by atoms with Gasteiger partial charge >= 0.3 is 12.1 Å². The number of amides is 9. The van der Waals surface area contributed by atoms with Gasteiger partial charge in [-0.3, -0.25) is 57.5 Å². The minimum atomic E-state index is -1.68. The maximum atomic E-state index is 15.7. The van der Waals surface area contributed by atoms with Crippen molar-refractivity contribution >= 4 is 76.7 Å². The summed E-state index contributed by atoms with van der Waals surface area (Å²) in [5.74, 6) is -13.4. The molecule has 1 aliphatic rings. The quantitative estimate of drug-likeness (QED) is 0.0791. The Kier molecular flexibility index (Phi) is 38.9. The Morgan fingerprint density at radius 1 is 0.567 bits per heavy atom. The van der Waals surface area contributed by atoms with Crippen molar-refractivity contribution in [1.29, 1.82) is 0 Å². The third-order valence-electron chi connectivity index (χ3n) is 20.3. The van der Waals surface area contributed by atoms with Gasteiger partial charge in [0.25, 0.3) is 0 Å². The maximum Gasteiger partial charge on any atom is 0.409 e. The summed E-state index contributed by atoms with van der Waals surface area (Å²) < 4.78 is 17.3. The lowest BCUT2D eigenvalue weighted by molar-refractivity contribution is -0.164. The van der Waals surface area contributed by atoms with Crippen molar-refractivity contribution in [3.8, 4) is 0 Å². The van der Waals surface area contributed by atoms with Gasteiger partial charge in [0.05, 0.1) is 18.7 Å². The summed E-state index contributed by atoms with van der Waals surface area (Å²) in [6.45, 7) is 29.5. The Balaban J connectivity index is 3.22. The van der Waals surface area contributed by atoms with Gasteiger partial charge in [-0.15, -0.1) is 0 Å². The van der Waals surface area contributed by atoms with Gasteiger partial charge < -0.3 is 58.7 Å². The molecule has 1 fully saturated rings. The molecule has 1 N–H and O–H groups in total. The minimum absolute atomic E-state index is 0.0122. The van der Waals surface area contributed by atoms with E-state index in [0.717, 1.165) is 10.5 Å². The van der Waals surface area contributed by atoms with Crippen molar-refractivity contribution in [2.24, 2.45) is 59.2 Å². The van der Waals surface area contributed by atoms with Crippen LogP contribution >= 0.6 is 0 Å². The second-order valence-electron chi connectivity index (χ2n) is 31.2. The first-order valence-corrected chi connectivity index (χ1v) is 37.4. The Bertz CT molecular complexity index is 3060. The molecule has 2 rings (SSSR count). The van der Waals surface area contributed by atoms with E-state index >= 15 is 38.4 Å². The average Bonchev–Trinajstić information content (AvgIpc) is 0.800. The monoisotopic (exact) mass is 1460 g/mol. The summed E-state index contributed by atoms with van der Waals surface area (Å²) in [5, 5.41) is 2.87. The highest BCUT2D eigenvalue weighted by molar-refractivity contribution is 6.00. The average molecular weight is 1460 g/mol. The van der Waals surface area contributed by atoms with Crippen molar-refractivity contribution in [1.82, 2.24) is 44.5 Å². The number of carbonyl (C=O) groups excluding carboxylic acids is 13. The lowest BCUT2D eigenvalue weighted by Gasteiger charge is -2.42. The highest BCUT2D eigenvalue weighted by Gasteiger charge is 2.48. The second kappa shape index (κ2) is 43.8. The summed E-state index contributed by atoms with van der Waals surface area (Å²) in [5.41, 5.74) is 0.756. The number of nitrogens with zero attached hydrogens (tertiary/aromatic N) is 8. The molecule has 9 amide bonds. The van der Waals surface area contributed by atoms with Crippen molar-refractivity contribution in [3.63, 3.8) is 0 Å². The molecule has 588 valence electrons. The van der Waals surface area contributed by atoms with Crippen molar-refractivity contribution in [3.05, 3.63) is 48.0 Å². The Hall–Kier alpha value is -7.57. The zero-order valence-corrected chi connectivity index (χ0v) is 67.8. The SMILES string of the molecule is C/C=C/C[C@@H](C)[C@@H](OC(C)=O)[C@H]1C(=O)N[C@@H](CC)C(=O)N(C)[C@H](CCCN(C)C(=O)OCc2ccccc2)C(=O)N(C)[C@@H]([C@H](C)COC)C(=O)C[C@@H](C(C)C)C(=O)N(C)[C@@H](CC(C)C)C(=O)C[C@@H](C)C(=O)C[C@H](C)C(=O)N(C)[C@@H](CC(C)C)C(=O)N(C)[C@@H](CC(C)C)C(=O)N(C)[C@@H](C(C)C)C(=O)N1C. The fourth-order valence-electron chi connectivity index (χ4n) is 14.0. The third kappa shape index (κ3) is 26.5. The molecule has 1 heterocycles. The summed E-state index contributed by atoms with van der Waals surface area (Å²) in [7, 11) is 13.0. The first-order valence-electron chi connectivity index (χ1n) is 37.4. The van der Waals surface area contributed by atoms with Crippen LogP contribution in [0.3, 0.4) is 0 Å². The van der Waals surface area contributed by atoms with E-state index in [0.29, 0.717) is 0 Å². The molecule has 0 aromatic heterocycles. The van der Waals surface area contributed by atoms with Crippen LogP contribution < -0.4 is 5.32 Å². The van der Waals surface area contributed by atoms with Gasteiger partial charge in [-0.05, 0) is 92.9 Å². The molecule has 1 saturated heterocycles. The number of methoxy groups -OCH3 is 1. The van der Waals surface area contributed by atoms with E-state index in [4.69, 9.17) is 14.2 Å². The van der Waals surface area contributed by atoms with Crippen LogP contribution in [0.15, 0.2) is 42.5 Å². The number of ether oxygens (including phenoxy) is 3. The summed E-state index contributed by atoms with van der Waals surface area (Å²) in [4.78, 5) is 204. The molecule has 0 bridgehead atoms. The fraction of sp³-hybridized carbons (Fsp3) is 0.734. The number of rotatable bonds is 23. The fourth-order valence-corrected chi connectivity index (χ4v) is 14.0. The smallest absolute Gasteiger partial charge is 0.409 e. The van der Waals surface area contributed by atoms with E-state index in [-0.39, 0.29) is 95.3 Å². The summed E-state index contributed by atoms with van der Waals surface area (Å²) in [6.07, 6.45) is 1.27. The van der Waals surface area contributed by atoms with Gasteiger partial charge in [-0.25, -0.2) is 4.79 Å². The molecule has 1 aliphatic heterocycles. The van der Waals surface area contributed by atoms with Crippen LogP contribution in [0.4, 0.5) is 4.79 Å². The molecule has 0 spiro atoms. The van der Waals surface area contributed by atoms with Gasteiger partial charge in [-0.1, -0.05) is 146 Å². The van der Waals surface area contributed by atoms with E-state index in [1.54, 1.807) is 75.3 Å². The highest BCUT2D eigenvalue weighted by Crippen LogP contribution is 2.31. The molecule has 25 nitrogen and oxygen atoms in total. The first kappa shape index (κ1) is 92.5. The van der Waals surface area contributed by atoms with Crippen molar-refractivity contribution in [2.75, 3.05) is 76.6 Å². The van der Waals surface area contributed by atoms with Crippen LogP contribution in [-0.2, 0) is 78.4 Å². The van der Waals surface area contributed by atoms with Gasteiger partial charge in [0.2, 0.25) is 47.3 Å². The predicted octanol–water partition coefficient (Wildman–Crippen LogP) is 8.77. The Labute approximate surface area is 621 Å². The van der Waals surface area contributed by atoms with E-state index in [1.165, 1.54) is 105 Å². The van der Waals surface area contributed by atoms with E-state index in [1.807, 2.05) is 78.0 Å². The maximum absolute atomic E-state index is 15.7. The lowest BCUT2D eigenvalue weighted by Crippen LogP contribution is -2.64. The van der Waals surface area contributed by atoms with Crippen LogP contribution in [0.25, 0.3) is 0 Å². The molecule has 1 aromatic carbocycles. The van der Waals surface area contributed by atoms with Crippen LogP contribution in [-0.4, -0.2) is 247 Å². The summed E-state index contributed by atoms with van der Waals surface area (Å²) >= 11 is 0. The molecule has 0 saturated carbocycles. The zero-order chi connectivity index (χ0) is 79.6. The van der Waals surface area contributed by atoms with Crippen molar-refractivity contribution in [2.45, 2.75) is 243 Å².